The first kappa shape index (κ1) is 6.94. The van der Waals surface area contributed by atoms with Crippen molar-refractivity contribution in [3.8, 4) is 0 Å². The van der Waals surface area contributed by atoms with E-state index in [2.05, 4.69) is 9.84 Å². The molecular formula is C4H9N3O. The van der Waals surface area contributed by atoms with Crippen molar-refractivity contribution in [2.45, 2.75) is 0 Å². The van der Waals surface area contributed by atoms with Gasteiger partial charge in [-0.05, 0) is 0 Å². The lowest BCUT2D eigenvalue weighted by molar-refractivity contribution is 0.404. The highest BCUT2D eigenvalue weighted by atomic mass is 16.5. The summed E-state index contributed by atoms with van der Waals surface area (Å²) in [5.74, 6) is 0. The molecule has 4 nitrogen and oxygen atoms in total. The van der Waals surface area contributed by atoms with Gasteiger partial charge < -0.3 is 4.74 Å². The summed E-state index contributed by atoms with van der Waals surface area (Å²) in [7, 11) is 3.14. The van der Waals surface area contributed by atoms with Gasteiger partial charge in [0.15, 0.2) is 6.40 Å². The van der Waals surface area contributed by atoms with Crippen LogP contribution in [0.1, 0.15) is 0 Å². The van der Waals surface area contributed by atoms with Crippen molar-refractivity contribution in [1.29, 1.82) is 5.41 Å². The zero-order valence-corrected chi connectivity index (χ0v) is 4.96. The Balaban J connectivity index is 3.35. The van der Waals surface area contributed by atoms with E-state index >= 15 is 0 Å². The van der Waals surface area contributed by atoms with Crippen LogP contribution in [0.3, 0.4) is 0 Å². The second kappa shape index (κ2) is 4.11. The molecule has 0 aliphatic carbocycles. The number of hydrazone groups is 1. The number of hydrogen-bond donors (Lipinski definition) is 1. The summed E-state index contributed by atoms with van der Waals surface area (Å²) in [6.07, 6.45) is 2.33. The SMILES string of the molecule is CO/C=N/N(C)C=N. The van der Waals surface area contributed by atoms with Gasteiger partial charge in [0, 0.05) is 7.05 Å². The molecule has 0 aromatic carbocycles. The molecule has 0 amide bonds. The fourth-order valence-electron chi connectivity index (χ4n) is 0.155. The molecule has 0 saturated heterocycles. The highest BCUT2D eigenvalue weighted by Gasteiger charge is 1.76. The first-order valence-electron chi connectivity index (χ1n) is 2.10. The van der Waals surface area contributed by atoms with Crippen molar-refractivity contribution in [2.75, 3.05) is 14.2 Å². The van der Waals surface area contributed by atoms with Gasteiger partial charge in [0.25, 0.3) is 0 Å². The molecule has 0 atom stereocenters. The van der Waals surface area contributed by atoms with E-state index in [0.29, 0.717) is 0 Å². The van der Waals surface area contributed by atoms with Crippen molar-refractivity contribution in [3.05, 3.63) is 0 Å². The Labute approximate surface area is 48.3 Å². The smallest absolute Gasteiger partial charge is 0.192 e. The minimum absolute atomic E-state index is 1.08. The summed E-state index contributed by atoms with van der Waals surface area (Å²) >= 11 is 0. The molecule has 0 heterocycles. The van der Waals surface area contributed by atoms with Gasteiger partial charge in [-0.3, -0.25) is 10.4 Å². The Kier molecular flexibility index (Phi) is 3.56. The highest BCUT2D eigenvalue weighted by molar-refractivity contribution is 5.53. The second-order valence-corrected chi connectivity index (χ2v) is 1.16. The molecule has 0 aliphatic heterocycles. The Hall–Kier alpha value is -1.06. The van der Waals surface area contributed by atoms with Crippen LogP contribution < -0.4 is 0 Å². The van der Waals surface area contributed by atoms with Crippen molar-refractivity contribution >= 4 is 12.7 Å². The molecule has 0 fully saturated rings. The third-order valence-electron chi connectivity index (χ3n) is 0.522. The molecule has 0 radical (unpaired) electrons. The Morgan fingerprint density at radius 2 is 2.38 bits per heavy atom. The maximum Gasteiger partial charge on any atom is 0.192 e. The van der Waals surface area contributed by atoms with E-state index < -0.39 is 0 Å². The molecule has 0 aliphatic rings. The molecule has 46 valence electrons. The average Bonchev–Trinajstić information content (AvgIpc) is 1.83. The fourth-order valence-corrected chi connectivity index (χ4v) is 0.155. The van der Waals surface area contributed by atoms with Crippen molar-refractivity contribution in [1.82, 2.24) is 5.01 Å². The molecule has 4 heteroatoms. The van der Waals surface area contributed by atoms with E-state index in [4.69, 9.17) is 5.41 Å². The summed E-state index contributed by atoms with van der Waals surface area (Å²) < 4.78 is 4.48. The largest absolute Gasteiger partial charge is 0.485 e. The quantitative estimate of drug-likeness (QED) is 0.322. The lowest BCUT2D eigenvalue weighted by atomic mass is 11.1. The van der Waals surface area contributed by atoms with Crippen LogP contribution in [0.25, 0.3) is 0 Å². The van der Waals surface area contributed by atoms with Crippen LogP contribution in [0.2, 0.25) is 0 Å². The Morgan fingerprint density at radius 3 is 2.75 bits per heavy atom. The third kappa shape index (κ3) is 3.14. The van der Waals surface area contributed by atoms with Crippen molar-refractivity contribution in [2.24, 2.45) is 5.10 Å². The van der Waals surface area contributed by atoms with Gasteiger partial charge >= 0.3 is 0 Å². The first-order chi connectivity index (χ1) is 3.81. The van der Waals surface area contributed by atoms with Gasteiger partial charge in [0.05, 0.1) is 7.11 Å². The van der Waals surface area contributed by atoms with Crippen LogP contribution >= 0.6 is 0 Å². The Morgan fingerprint density at radius 1 is 1.75 bits per heavy atom. The van der Waals surface area contributed by atoms with Crippen LogP contribution in [0.5, 0.6) is 0 Å². The zero-order chi connectivity index (χ0) is 6.41. The van der Waals surface area contributed by atoms with E-state index in [-0.39, 0.29) is 0 Å². The molecule has 0 rings (SSSR count). The highest BCUT2D eigenvalue weighted by Crippen LogP contribution is 1.71. The summed E-state index contributed by atoms with van der Waals surface area (Å²) in [6.45, 7) is 0. The van der Waals surface area contributed by atoms with Gasteiger partial charge in [-0.25, -0.2) is 0 Å². The van der Waals surface area contributed by atoms with Crippen LogP contribution in [0.4, 0.5) is 0 Å². The van der Waals surface area contributed by atoms with Gasteiger partial charge in [-0.15, -0.1) is 5.10 Å². The zero-order valence-electron chi connectivity index (χ0n) is 4.96. The predicted octanol–water partition coefficient (Wildman–Crippen LogP) is 0.115. The number of rotatable bonds is 3. The normalized spacial score (nSPS) is 9.25. The molecule has 0 aromatic heterocycles. The summed E-state index contributed by atoms with van der Waals surface area (Å²) in [5.41, 5.74) is 0. The van der Waals surface area contributed by atoms with Crippen LogP contribution in [-0.4, -0.2) is 31.9 Å². The van der Waals surface area contributed by atoms with Crippen molar-refractivity contribution in [3.63, 3.8) is 0 Å². The molecule has 0 saturated carbocycles. The second-order valence-electron chi connectivity index (χ2n) is 1.16. The minimum atomic E-state index is 1.08. The maximum atomic E-state index is 6.62. The lowest BCUT2D eigenvalue weighted by Crippen LogP contribution is -2.06. The van der Waals surface area contributed by atoms with Gasteiger partial charge in [0.1, 0.15) is 6.34 Å². The van der Waals surface area contributed by atoms with Crippen LogP contribution in [-0.2, 0) is 4.74 Å². The third-order valence-corrected chi connectivity index (χ3v) is 0.522. The fraction of sp³-hybridized carbons (Fsp3) is 0.500. The minimum Gasteiger partial charge on any atom is -0.485 e. The summed E-state index contributed by atoms with van der Waals surface area (Å²) in [4.78, 5) is 0. The average molecular weight is 115 g/mol. The van der Waals surface area contributed by atoms with E-state index in [1.165, 1.54) is 18.5 Å². The number of methoxy groups -OCH3 is 1. The van der Waals surface area contributed by atoms with Gasteiger partial charge in [-0.2, -0.15) is 0 Å². The monoisotopic (exact) mass is 115 g/mol. The predicted molar refractivity (Wildman–Crippen MR) is 32.0 cm³/mol. The standard InChI is InChI=1S/C4H9N3O/c1-7(3-5)6-4-8-2/h3-5H,1-2H3/b5-3?,6-4+. The molecule has 8 heavy (non-hydrogen) atoms. The van der Waals surface area contributed by atoms with E-state index in [0.717, 1.165) is 6.34 Å². The molecular weight excluding hydrogens is 106 g/mol. The molecule has 1 N–H and O–H groups in total. The number of nitrogens with zero attached hydrogens (tertiary/aromatic N) is 2. The number of ether oxygens (including phenoxy) is 1. The van der Waals surface area contributed by atoms with Crippen LogP contribution in [0.15, 0.2) is 5.10 Å². The maximum absolute atomic E-state index is 6.62. The lowest BCUT2D eigenvalue weighted by Gasteiger charge is -1.99. The van der Waals surface area contributed by atoms with E-state index in [1.54, 1.807) is 7.05 Å². The van der Waals surface area contributed by atoms with E-state index in [1.807, 2.05) is 0 Å². The van der Waals surface area contributed by atoms with Gasteiger partial charge in [-0.1, -0.05) is 0 Å². The first-order valence-corrected chi connectivity index (χ1v) is 2.10. The molecule has 0 bridgehead atoms. The Bertz CT molecular complexity index is 91.3. The van der Waals surface area contributed by atoms with Gasteiger partial charge in [0.2, 0.25) is 0 Å². The summed E-state index contributed by atoms with van der Waals surface area (Å²) in [6, 6.07) is 0. The van der Waals surface area contributed by atoms with Crippen LogP contribution in [0, 0.1) is 5.41 Å². The number of hydrogen-bond acceptors (Lipinski definition) is 3. The van der Waals surface area contributed by atoms with E-state index in [9.17, 15) is 0 Å². The number of nitrogens with one attached hydrogen (secondary N) is 1. The van der Waals surface area contributed by atoms with Crippen molar-refractivity contribution < 1.29 is 4.74 Å². The topological polar surface area (TPSA) is 48.7 Å². The summed E-state index contributed by atoms with van der Waals surface area (Å²) in [5, 5.41) is 11.5. The molecule has 0 spiro atoms. The molecule has 0 unspecified atom stereocenters. The molecule has 0 aromatic rings.